The standard InChI is InChI=1S/C32H26N2O6/c1-38-31(36)21-13-20(14-22(15-21)32(37)39-2)27-11-12-28(40-27)23-16-29(35)33-25-9-6-10-26-30(25)24(23)18-34(26)17-19-7-4-3-5-8-19/h3-15,18,23H,16-17H2,1-2H3,(H,33,35)/t23-/m1/s1. The molecule has 1 atom stereocenters. The third-order valence-corrected chi connectivity index (χ3v) is 7.20. The lowest BCUT2D eigenvalue weighted by molar-refractivity contribution is -0.116. The minimum Gasteiger partial charge on any atom is -0.465 e. The van der Waals surface area contributed by atoms with Crippen molar-refractivity contribution in [2.24, 2.45) is 0 Å². The predicted octanol–water partition coefficient (Wildman–Crippen LogP) is 6.00. The van der Waals surface area contributed by atoms with Crippen LogP contribution in [0.3, 0.4) is 0 Å². The fourth-order valence-corrected chi connectivity index (χ4v) is 5.35. The maximum Gasteiger partial charge on any atom is 0.337 e. The van der Waals surface area contributed by atoms with Gasteiger partial charge in [-0.25, -0.2) is 9.59 Å². The molecule has 8 nitrogen and oxygen atoms in total. The van der Waals surface area contributed by atoms with Crippen LogP contribution in [0.25, 0.3) is 22.2 Å². The van der Waals surface area contributed by atoms with Gasteiger partial charge in [0, 0.05) is 30.1 Å². The highest BCUT2D eigenvalue weighted by Crippen LogP contribution is 2.42. The number of anilines is 1. The average Bonchev–Trinajstić information content (AvgIpc) is 3.58. The molecule has 0 bridgehead atoms. The van der Waals surface area contributed by atoms with E-state index in [-0.39, 0.29) is 29.4 Å². The first kappa shape index (κ1) is 25.2. The van der Waals surface area contributed by atoms with Crippen molar-refractivity contribution in [3.63, 3.8) is 0 Å². The maximum absolute atomic E-state index is 13.0. The second kappa shape index (κ2) is 10.2. The smallest absolute Gasteiger partial charge is 0.337 e. The van der Waals surface area contributed by atoms with E-state index in [0.717, 1.165) is 22.2 Å². The van der Waals surface area contributed by atoms with Crippen LogP contribution >= 0.6 is 0 Å². The van der Waals surface area contributed by atoms with E-state index in [1.54, 1.807) is 18.2 Å². The molecule has 5 aromatic rings. The van der Waals surface area contributed by atoms with Crippen molar-refractivity contribution >= 4 is 34.4 Å². The summed E-state index contributed by atoms with van der Waals surface area (Å²) in [4.78, 5) is 37.6. The average molecular weight is 535 g/mol. The van der Waals surface area contributed by atoms with Crippen LogP contribution in [0.2, 0.25) is 0 Å². The van der Waals surface area contributed by atoms with E-state index in [1.807, 2.05) is 36.4 Å². The molecule has 1 amide bonds. The molecule has 200 valence electrons. The van der Waals surface area contributed by atoms with Crippen LogP contribution in [0.1, 0.15) is 49.9 Å². The topological polar surface area (TPSA) is 99.8 Å². The van der Waals surface area contributed by atoms with Crippen molar-refractivity contribution in [2.75, 3.05) is 19.5 Å². The quantitative estimate of drug-likeness (QED) is 0.268. The number of esters is 2. The van der Waals surface area contributed by atoms with Gasteiger partial charge in [0.15, 0.2) is 0 Å². The van der Waals surface area contributed by atoms with Crippen LogP contribution in [0.5, 0.6) is 0 Å². The van der Waals surface area contributed by atoms with E-state index in [0.29, 0.717) is 23.6 Å². The Hall–Kier alpha value is -5.11. The molecule has 40 heavy (non-hydrogen) atoms. The molecule has 0 aliphatic carbocycles. The van der Waals surface area contributed by atoms with Gasteiger partial charge in [-0.1, -0.05) is 36.4 Å². The lowest BCUT2D eigenvalue weighted by atomic mass is 9.93. The number of rotatable bonds is 6. The minimum atomic E-state index is -0.585. The van der Waals surface area contributed by atoms with Gasteiger partial charge in [0.25, 0.3) is 0 Å². The molecule has 1 aliphatic heterocycles. The van der Waals surface area contributed by atoms with Crippen LogP contribution in [-0.4, -0.2) is 36.6 Å². The van der Waals surface area contributed by atoms with Crippen LogP contribution in [-0.2, 0) is 20.8 Å². The number of hydrogen-bond acceptors (Lipinski definition) is 6. The van der Waals surface area contributed by atoms with Crippen LogP contribution in [0.15, 0.2) is 89.5 Å². The number of nitrogens with zero attached hydrogens (tertiary/aromatic N) is 1. The maximum atomic E-state index is 13.0. The van der Waals surface area contributed by atoms with Crippen molar-refractivity contribution in [3.05, 3.63) is 113 Å². The van der Waals surface area contributed by atoms with E-state index >= 15 is 0 Å². The Bertz CT molecular complexity index is 1730. The summed E-state index contributed by atoms with van der Waals surface area (Å²) < 4.78 is 18.3. The lowest BCUT2D eigenvalue weighted by Crippen LogP contribution is -2.13. The van der Waals surface area contributed by atoms with Gasteiger partial charge >= 0.3 is 11.9 Å². The van der Waals surface area contributed by atoms with Crippen molar-refractivity contribution in [1.29, 1.82) is 0 Å². The molecule has 1 N–H and O–H groups in total. The number of amides is 1. The summed E-state index contributed by atoms with van der Waals surface area (Å²) in [6, 6.07) is 24.4. The number of aromatic nitrogens is 1. The first-order valence-corrected chi connectivity index (χ1v) is 12.8. The molecule has 0 spiro atoms. The molecule has 0 radical (unpaired) electrons. The number of nitrogens with one attached hydrogen (secondary N) is 1. The largest absolute Gasteiger partial charge is 0.465 e. The molecular weight excluding hydrogens is 508 g/mol. The van der Waals surface area contributed by atoms with Gasteiger partial charge in [0.2, 0.25) is 5.91 Å². The second-order valence-corrected chi connectivity index (χ2v) is 9.69. The van der Waals surface area contributed by atoms with E-state index in [4.69, 9.17) is 13.9 Å². The van der Waals surface area contributed by atoms with E-state index in [9.17, 15) is 14.4 Å². The zero-order valence-electron chi connectivity index (χ0n) is 22.0. The number of carbonyl (C=O) groups excluding carboxylic acids is 3. The highest BCUT2D eigenvalue weighted by atomic mass is 16.5. The first-order valence-electron chi connectivity index (χ1n) is 12.8. The van der Waals surface area contributed by atoms with Gasteiger partial charge in [0.05, 0.1) is 42.5 Å². The van der Waals surface area contributed by atoms with Crippen molar-refractivity contribution in [3.8, 4) is 11.3 Å². The number of furan rings is 1. The number of benzene rings is 3. The Labute approximate surface area is 230 Å². The minimum absolute atomic E-state index is 0.109. The number of carbonyl (C=O) groups is 3. The monoisotopic (exact) mass is 534 g/mol. The highest BCUT2D eigenvalue weighted by molar-refractivity contribution is 6.06. The van der Waals surface area contributed by atoms with Gasteiger partial charge in [0.1, 0.15) is 11.5 Å². The molecule has 0 saturated heterocycles. The first-order chi connectivity index (χ1) is 19.4. The van der Waals surface area contributed by atoms with Gasteiger partial charge in [-0.2, -0.15) is 0 Å². The molecule has 8 heteroatoms. The molecule has 3 aromatic carbocycles. The molecule has 0 saturated carbocycles. The molecule has 0 unspecified atom stereocenters. The number of methoxy groups -OCH3 is 2. The zero-order chi connectivity index (χ0) is 27.8. The van der Waals surface area contributed by atoms with Crippen molar-refractivity contribution < 1.29 is 28.3 Å². The second-order valence-electron chi connectivity index (χ2n) is 9.69. The van der Waals surface area contributed by atoms with E-state index < -0.39 is 11.9 Å². The summed E-state index contributed by atoms with van der Waals surface area (Å²) >= 11 is 0. The summed E-state index contributed by atoms with van der Waals surface area (Å²) in [5.74, 6) is -0.578. The Balaban J connectivity index is 1.44. The fraction of sp³-hybridized carbons (Fsp3) is 0.156. The Morgan fingerprint density at radius 2 is 1.65 bits per heavy atom. The number of hydrogen-bond donors (Lipinski definition) is 1. The lowest BCUT2D eigenvalue weighted by Gasteiger charge is -2.12. The summed E-state index contributed by atoms with van der Waals surface area (Å²) in [7, 11) is 2.55. The normalized spacial score (nSPS) is 14.4. The summed E-state index contributed by atoms with van der Waals surface area (Å²) in [6.07, 6.45) is 2.29. The van der Waals surface area contributed by atoms with Gasteiger partial charge in [-0.05, 0) is 53.6 Å². The predicted molar refractivity (Wildman–Crippen MR) is 149 cm³/mol. The Morgan fingerprint density at radius 1 is 0.925 bits per heavy atom. The summed E-state index contributed by atoms with van der Waals surface area (Å²) in [5, 5.41) is 4.04. The Kier molecular flexibility index (Phi) is 6.43. The third-order valence-electron chi connectivity index (χ3n) is 7.20. The molecule has 0 fully saturated rings. The van der Waals surface area contributed by atoms with E-state index in [1.165, 1.54) is 25.8 Å². The van der Waals surface area contributed by atoms with Crippen molar-refractivity contribution in [2.45, 2.75) is 18.9 Å². The molecule has 1 aliphatic rings. The van der Waals surface area contributed by atoms with Gasteiger partial charge in [-0.3, -0.25) is 4.79 Å². The van der Waals surface area contributed by atoms with E-state index in [2.05, 4.69) is 34.3 Å². The summed E-state index contributed by atoms with van der Waals surface area (Å²) in [6.45, 7) is 0.682. The molecule has 3 heterocycles. The molecular formula is C32H26N2O6. The van der Waals surface area contributed by atoms with Gasteiger partial charge in [-0.15, -0.1) is 0 Å². The fourth-order valence-electron chi connectivity index (χ4n) is 5.35. The highest BCUT2D eigenvalue weighted by Gasteiger charge is 2.30. The molecule has 2 aromatic heterocycles. The van der Waals surface area contributed by atoms with Crippen LogP contribution in [0.4, 0.5) is 5.69 Å². The zero-order valence-corrected chi connectivity index (χ0v) is 22.0. The van der Waals surface area contributed by atoms with Gasteiger partial charge < -0.3 is 23.8 Å². The third kappa shape index (κ3) is 4.53. The number of ether oxygens (including phenoxy) is 2. The SMILES string of the molecule is COC(=O)c1cc(C(=O)OC)cc(-c2ccc([C@@H]3CC(=O)Nc4cccc5c4c3cn5Cc3ccccc3)o2)c1. The van der Waals surface area contributed by atoms with Crippen LogP contribution in [0, 0.1) is 0 Å². The Morgan fingerprint density at radius 3 is 2.35 bits per heavy atom. The van der Waals surface area contributed by atoms with Crippen molar-refractivity contribution in [1.82, 2.24) is 4.57 Å². The summed E-state index contributed by atoms with van der Waals surface area (Å²) in [5.41, 5.74) is 4.85. The molecule has 6 rings (SSSR count). The van der Waals surface area contributed by atoms with Crippen LogP contribution < -0.4 is 5.32 Å².